The molecule has 0 heterocycles. The summed E-state index contributed by atoms with van der Waals surface area (Å²) in [4.78, 5) is 0. The van der Waals surface area contributed by atoms with Crippen molar-refractivity contribution < 1.29 is 8.78 Å². The third-order valence-electron chi connectivity index (χ3n) is 2.71. The van der Waals surface area contributed by atoms with Crippen LogP contribution < -0.4 is 0 Å². The van der Waals surface area contributed by atoms with Crippen LogP contribution in [0.3, 0.4) is 0 Å². The minimum absolute atomic E-state index is 0.00111. The van der Waals surface area contributed by atoms with E-state index >= 15 is 0 Å². The second-order valence-corrected chi connectivity index (χ2v) is 3.50. The molecule has 0 aromatic carbocycles. The zero-order chi connectivity index (χ0) is 8.65. The van der Waals surface area contributed by atoms with Crippen LogP contribution >= 0.6 is 0 Å². The van der Waals surface area contributed by atoms with Gasteiger partial charge in [-0.3, -0.25) is 0 Å². The van der Waals surface area contributed by atoms with Gasteiger partial charge in [-0.15, -0.1) is 0 Å². The van der Waals surface area contributed by atoms with Crippen molar-refractivity contribution in [1.82, 2.24) is 0 Å². The van der Waals surface area contributed by atoms with Crippen LogP contribution in [-0.4, -0.2) is 5.92 Å². The highest BCUT2D eigenvalue weighted by Gasteiger charge is 2.45. The lowest BCUT2D eigenvalue weighted by Crippen LogP contribution is -2.38. The molecule has 0 aromatic heterocycles. The average Bonchev–Trinajstić information content (AvgIpc) is 1.95. The molecule has 0 aliphatic heterocycles. The van der Waals surface area contributed by atoms with E-state index in [1.807, 2.05) is 13.0 Å². The Morgan fingerprint density at radius 2 is 1.64 bits per heavy atom. The quantitative estimate of drug-likeness (QED) is 0.478. The van der Waals surface area contributed by atoms with E-state index < -0.39 is 17.8 Å². The van der Waals surface area contributed by atoms with Crippen LogP contribution in [0.2, 0.25) is 0 Å². The van der Waals surface area contributed by atoms with Crippen molar-refractivity contribution in [3.05, 3.63) is 12.2 Å². The highest BCUT2D eigenvalue weighted by Crippen LogP contribution is 2.41. The maximum Gasteiger partial charge on any atom is 0.257 e. The fourth-order valence-corrected chi connectivity index (χ4v) is 1.40. The lowest BCUT2D eigenvalue weighted by molar-refractivity contribution is -0.0996. The van der Waals surface area contributed by atoms with E-state index in [0.29, 0.717) is 0 Å². The molecule has 2 heteroatoms. The van der Waals surface area contributed by atoms with Crippen molar-refractivity contribution in [1.29, 1.82) is 0 Å². The zero-order valence-corrected chi connectivity index (χ0v) is 7.14. The molecule has 0 saturated carbocycles. The smallest absolute Gasteiger partial charge is 0.206 e. The highest BCUT2D eigenvalue weighted by molar-refractivity contribution is 5.05. The van der Waals surface area contributed by atoms with E-state index in [1.54, 1.807) is 19.9 Å². The van der Waals surface area contributed by atoms with E-state index in [0.717, 1.165) is 0 Å². The fourth-order valence-electron chi connectivity index (χ4n) is 1.40. The van der Waals surface area contributed by atoms with Gasteiger partial charge >= 0.3 is 0 Å². The summed E-state index contributed by atoms with van der Waals surface area (Å²) in [6.45, 7) is 5.02. The van der Waals surface area contributed by atoms with Gasteiger partial charge in [0, 0.05) is 11.8 Å². The van der Waals surface area contributed by atoms with Crippen LogP contribution in [0.5, 0.6) is 0 Å². The summed E-state index contributed by atoms with van der Waals surface area (Å²) in [5.41, 5.74) is 0. The van der Waals surface area contributed by atoms with E-state index in [2.05, 4.69) is 0 Å². The lowest BCUT2D eigenvalue weighted by Gasteiger charge is -2.34. The zero-order valence-electron chi connectivity index (χ0n) is 7.14. The summed E-state index contributed by atoms with van der Waals surface area (Å²) >= 11 is 0. The third kappa shape index (κ3) is 1.31. The molecule has 0 spiro atoms. The molecule has 0 saturated heterocycles. The van der Waals surface area contributed by atoms with Crippen molar-refractivity contribution in [2.24, 2.45) is 17.8 Å². The molecule has 0 amide bonds. The van der Waals surface area contributed by atoms with Gasteiger partial charge < -0.3 is 0 Å². The Morgan fingerprint density at radius 3 is 2.09 bits per heavy atom. The van der Waals surface area contributed by atoms with Gasteiger partial charge in [0.25, 0.3) is 5.92 Å². The molecular formula is C9H14F2. The van der Waals surface area contributed by atoms with Gasteiger partial charge in [-0.05, 0) is 5.92 Å². The SMILES string of the molecule is CC1C=CC(C)C(F)(F)C1C. The molecule has 0 bridgehead atoms. The monoisotopic (exact) mass is 160 g/mol. The van der Waals surface area contributed by atoms with E-state index in [4.69, 9.17) is 0 Å². The maximum absolute atomic E-state index is 13.2. The second-order valence-electron chi connectivity index (χ2n) is 3.50. The van der Waals surface area contributed by atoms with Crippen molar-refractivity contribution in [3.8, 4) is 0 Å². The van der Waals surface area contributed by atoms with Gasteiger partial charge in [0.05, 0.1) is 0 Å². The maximum atomic E-state index is 13.2. The van der Waals surface area contributed by atoms with Crippen LogP contribution in [0.15, 0.2) is 12.2 Å². The molecule has 3 unspecified atom stereocenters. The fraction of sp³-hybridized carbons (Fsp3) is 0.778. The van der Waals surface area contributed by atoms with Crippen molar-refractivity contribution >= 4 is 0 Å². The summed E-state index contributed by atoms with van der Waals surface area (Å²) in [7, 11) is 0. The Labute approximate surface area is 66.3 Å². The van der Waals surface area contributed by atoms with Gasteiger partial charge in [-0.25, -0.2) is 8.78 Å². The summed E-state index contributed by atoms with van der Waals surface area (Å²) < 4.78 is 26.4. The summed E-state index contributed by atoms with van der Waals surface area (Å²) in [5, 5.41) is 0. The molecule has 1 aliphatic rings. The van der Waals surface area contributed by atoms with Gasteiger partial charge in [0.1, 0.15) is 0 Å². The molecule has 64 valence electrons. The first-order valence-electron chi connectivity index (χ1n) is 4.02. The first-order chi connectivity index (χ1) is 4.96. The molecule has 0 fully saturated rings. The van der Waals surface area contributed by atoms with Crippen LogP contribution in [0, 0.1) is 17.8 Å². The van der Waals surface area contributed by atoms with Crippen molar-refractivity contribution in [3.63, 3.8) is 0 Å². The van der Waals surface area contributed by atoms with Crippen molar-refractivity contribution in [2.75, 3.05) is 0 Å². The predicted octanol–water partition coefficient (Wildman–Crippen LogP) is 3.10. The summed E-state index contributed by atoms with van der Waals surface area (Å²) in [6, 6.07) is 0. The van der Waals surface area contributed by atoms with Gasteiger partial charge in [0.2, 0.25) is 0 Å². The molecular weight excluding hydrogens is 146 g/mol. The molecule has 0 aromatic rings. The van der Waals surface area contributed by atoms with E-state index in [-0.39, 0.29) is 5.92 Å². The molecule has 1 aliphatic carbocycles. The van der Waals surface area contributed by atoms with E-state index in [9.17, 15) is 8.78 Å². The Balaban J connectivity index is 2.88. The highest BCUT2D eigenvalue weighted by atomic mass is 19.3. The number of halogens is 2. The molecule has 11 heavy (non-hydrogen) atoms. The molecule has 0 N–H and O–H groups in total. The van der Waals surface area contributed by atoms with Crippen LogP contribution in [0.25, 0.3) is 0 Å². The number of hydrogen-bond donors (Lipinski definition) is 0. The number of rotatable bonds is 0. The van der Waals surface area contributed by atoms with E-state index in [1.165, 1.54) is 0 Å². The predicted molar refractivity (Wildman–Crippen MR) is 41.6 cm³/mol. The normalized spacial score (nSPS) is 42.5. The topological polar surface area (TPSA) is 0 Å². The molecule has 0 nitrogen and oxygen atoms in total. The van der Waals surface area contributed by atoms with Crippen LogP contribution in [-0.2, 0) is 0 Å². The van der Waals surface area contributed by atoms with Crippen molar-refractivity contribution in [2.45, 2.75) is 26.7 Å². The number of hydrogen-bond acceptors (Lipinski definition) is 0. The number of allylic oxidation sites excluding steroid dienone is 2. The van der Waals surface area contributed by atoms with Gasteiger partial charge in [-0.1, -0.05) is 32.9 Å². The van der Waals surface area contributed by atoms with Crippen LogP contribution in [0.4, 0.5) is 8.78 Å². The van der Waals surface area contributed by atoms with Gasteiger partial charge in [-0.2, -0.15) is 0 Å². The molecule has 1 rings (SSSR count). The number of alkyl halides is 2. The Kier molecular flexibility index (Phi) is 2.04. The minimum Gasteiger partial charge on any atom is -0.206 e. The largest absolute Gasteiger partial charge is 0.257 e. The minimum atomic E-state index is -2.52. The molecule has 0 radical (unpaired) electrons. The summed E-state index contributed by atoms with van der Waals surface area (Å²) in [6.07, 6.45) is 3.50. The van der Waals surface area contributed by atoms with Crippen LogP contribution in [0.1, 0.15) is 20.8 Å². The average molecular weight is 160 g/mol. The third-order valence-corrected chi connectivity index (χ3v) is 2.71. The summed E-state index contributed by atoms with van der Waals surface area (Å²) in [5.74, 6) is -3.65. The Morgan fingerprint density at radius 1 is 1.09 bits per heavy atom. The molecule has 3 atom stereocenters. The lowest BCUT2D eigenvalue weighted by atomic mass is 9.78. The first-order valence-corrected chi connectivity index (χ1v) is 4.02. The Bertz CT molecular complexity index is 172. The second kappa shape index (κ2) is 2.58. The van der Waals surface area contributed by atoms with Gasteiger partial charge in [0.15, 0.2) is 0 Å². The Hall–Kier alpha value is -0.400. The standard InChI is InChI=1S/C9H14F2/c1-6-4-5-7(2)9(10,11)8(6)3/h4-8H,1-3H3. The first kappa shape index (κ1) is 8.69.